The van der Waals surface area contributed by atoms with E-state index in [4.69, 9.17) is 4.74 Å². The van der Waals surface area contributed by atoms with Gasteiger partial charge < -0.3 is 9.84 Å². The molecule has 2 fully saturated rings. The molecule has 1 saturated heterocycles. The van der Waals surface area contributed by atoms with Crippen LogP contribution in [-0.4, -0.2) is 22.4 Å². The number of aliphatic hydroxyl groups is 1. The van der Waals surface area contributed by atoms with Gasteiger partial charge in [-0.2, -0.15) is 0 Å². The van der Waals surface area contributed by atoms with E-state index in [2.05, 4.69) is 20.8 Å². The first kappa shape index (κ1) is 11.2. The molecule has 0 radical (unpaired) electrons. The van der Waals surface area contributed by atoms with E-state index < -0.39 is 6.10 Å². The predicted molar refractivity (Wildman–Crippen MR) is 60.7 cm³/mol. The molecule has 3 unspecified atom stereocenters. The normalized spacial score (nSPS) is 45.1. The number of fused-ring (bicyclic) bond motifs is 1. The van der Waals surface area contributed by atoms with Gasteiger partial charge >= 0.3 is 0 Å². The summed E-state index contributed by atoms with van der Waals surface area (Å²) in [4.78, 5) is 0. The lowest BCUT2D eigenvalue weighted by atomic mass is 9.62. The van der Waals surface area contributed by atoms with Gasteiger partial charge in [-0.3, -0.25) is 0 Å². The number of hydrogen-bond donors (Lipinski definition) is 1. The lowest BCUT2D eigenvalue weighted by Gasteiger charge is -2.40. The largest absolute Gasteiger partial charge is 0.386 e. The maximum Gasteiger partial charge on any atom is 0.132 e. The van der Waals surface area contributed by atoms with Crippen LogP contribution in [0.15, 0.2) is 12.2 Å². The lowest BCUT2D eigenvalue weighted by molar-refractivity contribution is 0.0185. The topological polar surface area (TPSA) is 32.8 Å². The van der Waals surface area contributed by atoms with Crippen LogP contribution >= 0.6 is 0 Å². The second-order valence-corrected chi connectivity index (χ2v) is 5.78. The fourth-order valence-corrected chi connectivity index (χ4v) is 3.57. The van der Waals surface area contributed by atoms with Crippen molar-refractivity contribution < 1.29 is 9.84 Å². The van der Waals surface area contributed by atoms with Crippen LogP contribution in [0.25, 0.3) is 0 Å². The minimum Gasteiger partial charge on any atom is -0.386 e. The molecule has 2 aliphatic rings. The van der Waals surface area contributed by atoms with Crippen LogP contribution in [0.3, 0.4) is 0 Å². The summed E-state index contributed by atoms with van der Waals surface area (Å²) in [7, 11) is 0. The van der Waals surface area contributed by atoms with Crippen molar-refractivity contribution in [1.29, 1.82) is 0 Å². The predicted octanol–water partition coefficient (Wildman–Crippen LogP) is 2.66. The summed E-state index contributed by atoms with van der Waals surface area (Å²) in [6.45, 7) is 8.50. The number of epoxide rings is 1. The Balaban J connectivity index is 2.33. The maximum atomic E-state index is 10.3. The molecule has 0 aromatic carbocycles. The van der Waals surface area contributed by atoms with Gasteiger partial charge in [-0.15, -0.1) is 0 Å². The Hall–Kier alpha value is -0.340. The summed E-state index contributed by atoms with van der Waals surface area (Å²) < 4.78 is 5.98. The fourth-order valence-electron chi connectivity index (χ4n) is 3.57. The van der Waals surface area contributed by atoms with E-state index in [0.717, 1.165) is 12.8 Å². The third kappa shape index (κ3) is 1.24. The Kier molecular flexibility index (Phi) is 2.29. The van der Waals surface area contributed by atoms with Crippen molar-refractivity contribution in [2.45, 2.75) is 64.3 Å². The van der Waals surface area contributed by atoms with Crippen molar-refractivity contribution in [2.24, 2.45) is 5.41 Å². The molecule has 1 N–H and O–H groups in total. The molecule has 0 aromatic rings. The Bertz CT molecular complexity index is 295. The van der Waals surface area contributed by atoms with Gasteiger partial charge in [0.25, 0.3) is 0 Å². The van der Waals surface area contributed by atoms with Crippen molar-refractivity contribution in [3.8, 4) is 0 Å². The summed E-state index contributed by atoms with van der Waals surface area (Å²) in [6, 6.07) is 0. The van der Waals surface area contributed by atoms with E-state index in [0.29, 0.717) is 0 Å². The smallest absolute Gasteiger partial charge is 0.132 e. The molecule has 15 heavy (non-hydrogen) atoms. The van der Waals surface area contributed by atoms with Crippen molar-refractivity contribution in [1.82, 2.24) is 0 Å². The van der Waals surface area contributed by atoms with Gasteiger partial charge in [0.2, 0.25) is 0 Å². The zero-order valence-corrected chi connectivity index (χ0v) is 10.2. The molecule has 1 aliphatic carbocycles. The SMILES string of the molecule is C/C=C/C(O)C12OC1(C)CCCC2(C)C. The summed E-state index contributed by atoms with van der Waals surface area (Å²) in [5.41, 5.74) is -0.378. The third-order valence-electron chi connectivity index (χ3n) is 4.38. The highest BCUT2D eigenvalue weighted by atomic mass is 16.6. The molecule has 1 saturated carbocycles. The molecular weight excluding hydrogens is 188 g/mol. The van der Waals surface area contributed by atoms with E-state index in [1.54, 1.807) is 0 Å². The number of ether oxygens (including phenoxy) is 1. The van der Waals surface area contributed by atoms with Crippen LogP contribution in [0, 0.1) is 5.41 Å². The van der Waals surface area contributed by atoms with Crippen molar-refractivity contribution >= 4 is 0 Å². The first-order valence-electron chi connectivity index (χ1n) is 5.91. The molecule has 0 amide bonds. The van der Waals surface area contributed by atoms with Crippen LogP contribution < -0.4 is 0 Å². The molecule has 3 atom stereocenters. The monoisotopic (exact) mass is 210 g/mol. The van der Waals surface area contributed by atoms with E-state index in [1.807, 2.05) is 19.1 Å². The number of allylic oxidation sites excluding steroid dienone is 1. The number of hydrogen-bond acceptors (Lipinski definition) is 2. The summed E-state index contributed by atoms with van der Waals surface area (Å²) in [5.74, 6) is 0. The summed E-state index contributed by atoms with van der Waals surface area (Å²) in [6.07, 6.45) is 6.71. The van der Waals surface area contributed by atoms with E-state index >= 15 is 0 Å². The van der Waals surface area contributed by atoms with Crippen LogP contribution in [0.4, 0.5) is 0 Å². The second-order valence-electron chi connectivity index (χ2n) is 5.78. The average molecular weight is 210 g/mol. The molecular formula is C13H22O2. The summed E-state index contributed by atoms with van der Waals surface area (Å²) >= 11 is 0. The fraction of sp³-hybridized carbons (Fsp3) is 0.846. The average Bonchev–Trinajstić information content (AvgIpc) is 2.75. The standard InChI is InChI=1S/C13H22O2/c1-5-7-10(14)13-11(2,3)8-6-9-12(13,4)15-13/h5,7,10,14H,6,8-9H2,1-4H3/b7-5+. The Morgan fingerprint density at radius 3 is 2.47 bits per heavy atom. The quantitative estimate of drug-likeness (QED) is 0.561. The molecule has 0 spiro atoms. The van der Waals surface area contributed by atoms with Gasteiger partial charge in [0.05, 0.1) is 5.60 Å². The third-order valence-corrected chi connectivity index (χ3v) is 4.38. The zero-order valence-electron chi connectivity index (χ0n) is 10.2. The Morgan fingerprint density at radius 2 is 1.93 bits per heavy atom. The zero-order chi connectivity index (χ0) is 11.3. The van der Waals surface area contributed by atoms with Gasteiger partial charge in [0.1, 0.15) is 11.7 Å². The lowest BCUT2D eigenvalue weighted by Crippen LogP contribution is -2.50. The van der Waals surface area contributed by atoms with Crippen molar-refractivity contribution in [2.75, 3.05) is 0 Å². The van der Waals surface area contributed by atoms with Crippen LogP contribution in [0.1, 0.15) is 47.0 Å². The molecule has 86 valence electrons. The first-order chi connectivity index (χ1) is 6.90. The first-order valence-corrected chi connectivity index (χ1v) is 5.91. The highest BCUT2D eigenvalue weighted by molar-refractivity contribution is 5.28. The van der Waals surface area contributed by atoms with Crippen LogP contribution in [0.2, 0.25) is 0 Å². The summed E-state index contributed by atoms with van der Waals surface area (Å²) in [5, 5.41) is 10.3. The van der Waals surface area contributed by atoms with Gasteiger partial charge in [-0.25, -0.2) is 0 Å². The molecule has 2 rings (SSSR count). The van der Waals surface area contributed by atoms with E-state index in [1.165, 1.54) is 6.42 Å². The Labute approximate surface area is 92.3 Å². The van der Waals surface area contributed by atoms with Crippen LogP contribution in [-0.2, 0) is 4.74 Å². The van der Waals surface area contributed by atoms with Crippen LogP contribution in [0.5, 0.6) is 0 Å². The molecule has 2 heteroatoms. The number of aliphatic hydroxyl groups excluding tert-OH is 1. The second kappa shape index (κ2) is 3.08. The van der Waals surface area contributed by atoms with Gasteiger partial charge in [0, 0.05) is 0 Å². The molecule has 0 aromatic heterocycles. The van der Waals surface area contributed by atoms with E-state index in [-0.39, 0.29) is 16.6 Å². The number of rotatable bonds is 2. The molecule has 0 bridgehead atoms. The minimum atomic E-state index is -0.470. The van der Waals surface area contributed by atoms with Gasteiger partial charge in [-0.1, -0.05) is 26.0 Å². The van der Waals surface area contributed by atoms with E-state index in [9.17, 15) is 5.11 Å². The van der Waals surface area contributed by atoms with Gasteiger partial charge in [0.15, 0.2) is 0 Å². The Morgan fingerprint density at radius 1 is 1.27 bits per heavy atom. The maximum absolute atomic E-state index is 10.3. The van der Waals surface area contributed by atoms with Crippen molar-refractivity contribution in [3.63, 3.8) is 0 Å². The minimum absolute atomic E-state index is 0.0684. The van der Waals surface area contributed by atoms with Gasteiger partial charge in [-0.05, 0) is 38.5 Å². The molecule has 1 heterocycles. The molecule has 1 aliphatic heterocycles. The highest BCUT2D eigenvalue weighted by Crippen LogP contribution is 2.66. The molecule has 2 nitrogen and oxygen atoms in total. The highest BCUT2D eigenvalue weighted by Gasteiger charge is 2.77. The van der Waals surface area contributed by atoms with Crippen molar-refractivity contribution in [3.05, 3.63) is 12.2 Å².